The van der Waals surface area contributed by atoms with Crippen LogP contribution >= 0.6 is 0 Å². The summed E-state index contributed by atoms with van der Waals surface area (Å²) in [6, 6.07) is 0. The molecule has 0 aliphatic carbocycles. The maximum Gasteiger partial charge on any atom is 0.255 e. The predicted octanol–water partition coefficient (Wildman–Crippen LogP) is 1.46. The van der Waals surface area contributed by atoms with Crippen molar-refractivity contribution in [2.75, 3.05) is 7.05 Å². The molecule has 0 fully saturated rings. The van der Waals surface area contributed by atoms with Crippen LogP contribution in [0.5, 0.6) is 0 Å². The van der Waals surface area contributed by atoms with E-state index < -0.39 is 5.54 Å². The molecule has 6 heteroatoms. The molecule has 6 nitrogen and oxygen atoms in total. The van der Waals surface area contributed by atoms with Crippen LogP contribution in [-0.2, 0) is 11.2 Å². The molecule has 0 unspecified atom stereocenters. The van der Waals surface area contributed by atoms with Gasteiger partial charge in [-0.15, -0.1) is 0 Å². The summed E-state index contributed by atoms with van der Waals surface area (Å²) in [5.74, 6) is -0.229. The van der Waals surface area contributed by atoms with Crippen LogP contribution in [0.4, 0.5) is 0 Å². The van der Waals surface area contributed by atoms with Gasteiger partial charge in [-0.25, -0.2) is 9.97 Å². The van der Waals surface area contributed by atoms with Gasteiger partial charge in [-0.1, -0.05) is 13.3 Å². The summed E-state index contributed by atoms with van der Waals surface area (Å²) in [6.07, 6.45) is 5.59. The van der Waals surface area contributed by atoms with E-state index >= 15 is 0 Å². The van der Waals surface area contributed by atoms with Crippen molar-refractivity contribution in [1.29, 1.82) is 0 Å². The smallest absolute Gasteiger partial charge is 0.255 e. The first-order valence-electron chi connectivity index (χ1n) is 7.21. The van der Waals surface area contributed by atoms with Crippen molar-refractivity contribution >= 4 is 11.8 Å². The van der Waals surface area contributed by atoms with Crippen LogP contribution in [0.2, 0.25) is 0 Å². The Hall–Kier alpha value is -1.98. The van der Waals surface area contributed by atoms with E-state index in [1.54, 1.807) is 13.2 Å². The Balaban J connectivity index is 2.73. The van der Waals surface area contributed by atoms with E-state index in [9.17, 15) is 9.59 Å². The average Bonchev–Trinajstić information content (AvgIpc) is 2.45. The highest BCUT2D eigenvalue weighted by molar-refractivity contribution is 5.95. The second-order valence-corrected chi connectivity index (χ2v) is 5.64. The first-order chi connectivity index (χ1) is 9.89. The number of aryl methyl sites for hydroxylation is 1. The van der Waals surface area contributed by atoms with E-state index in [1.165, 1.54) is 6.33 Å². The van der Waals surface area contributed by atoms with Crippen LogP contribution in [0.25, 0.3) is 0 Å². The number of carbonyl (C=O) groups is 2. The lowest BCUT2D eigenvalue weighted by atomic mass is 9.97. The van der Waals surface area contributed by atoms with Gasteiger partial charge >= 0.3 is 0 Å². The molecule has 21 heavy (non-hydrogen) atoms. The minimum atomic E-state index is -0.469. The molecule has 0 aliphatic rings. The maximum absolute atomic E-state index is 12.4. The number of nitrogens with zero attached hydrogens (tertiary/aromatic N) is 2. The summed E-state index contributed by atoms with van der Waals surface area (Å²) < 4.78 is 0. The largest absolute Gasteiger partial charge is 0.359 e. The number of carbonyl (C=O) groups excluding carboxylic acids is 2. The zero-order valence-electron chi connectivity index (χ0n) is 13.2. The number of amides is 2. The third-order valence-electron chi connectivity index (χ3n) is 3.23. The fourth-order valence-corrected chi connectivity index (χ4v) is 1.97. The van der Waals surface area contributed by atoms with Gasteiger partial charge in [0.05, 0.1) is 11.3 Å². The summed E-state index contributed by atoms with van der Waals surface area (Å²) in [7, 11) is 1.60. The van der Waals surface area contributed by atoms with Crippen molar-refractivity contribution in [2.24, 2.45) is 0 Å². The predicted molar refractivity (Wildman–Crippen MR) is 80.9 cm³/mol. The van der Waals surface area contributed by atoms with Crippen LogP contribution in [0.15, 0.2) is 12.5 Å². The van der Waals surface area contributed by atoms with E-state index in [0.29, 0.717) is 18.4 Å². The Morgan fingerprint density at radius 3 is 2.67 bits per heavy atom. The van der Waals surface area contributed by atoms with Crippen LogP contribution in [0.1, 0.15) is 56.1 Å². The minimum absolute atomic E-state index is 0.0351. The molecule has 0 atom stereocenters. The lowest BCUT2D eigenvalue weighted by molar-refractivity contribution is -0.121. The normalized spacial score (nSPS) is 11.0. The lowest BCUT2D eigenvalue weighted by Crippen LogP contribution is -2.44. The number of nitrogens with one attached hydrogen (secondary N) is 2. The Kier molecular flexibility index (Phi) is 6.27. The lowest BCUT2D eigenvalue weighted by Gasteiger charge is -2.26. The summed E-state index contributed by atoms with van der Waals surface area (Å²) in [6.45, 7) is 5.84. The molecule has 0 aliphatic heterocycles. The zero-order valence-corrected chi connectivity index (χ0v) is 13.2. The monoisotopic (exact) mass is 292 g/mol. The Morgan fingerprint density at radius 2 is 2.05 bits per heavy atom. The minimum Gasteiger partial charge on any atom is -0.359 e. The molecule has 116 valence electrons. The molecule has 0 radical (unpaired) electrons. The molecule has 1 rings (SSSR count). The molecular weight excluding hydrogens is 268 g/mol. The quantitative estimate of drug-likeness (QED) is 0.797. The average molecular weight is 292 g/mol. The summed E-state index contributed by atoms with van der Waals surface area (Å²) in [5.41, 5.74) is 0.794. The molecule has 2 amide bonds. The van der Waals surface area contributed by atoms with Crippen molar-refractivity contribution in [3.63, 3.8) is 0 Å². The van der Waals surface area contributed by atoms with E-state index in [2.05, 4.69) is 20.6 Å². The van der Waals surface area contributed by atoms with Gasteiger partial charge in [0.15, 0.2) is 0 Å². The number of hydrogen-bond donors (Lipinski definition) is 2. The number of hydrogen-bond acceptors (Lipinski definition) is 4. The molecule has 1 aromatic heterocycles. The second-order valence-electron chi connectivity index (χ2n) is 5.64. The first kappa shape index (κ1) is 17.1. The highest BCUT2D eigenvalue weighted by Gasteiger charge is 2.23. The van der Waals surface area contributed by atoms with Crippen molar-refractivity contribution < 1.29 is 9.59 Å². The highest BCUT2D eigenvalue weighted by atomic mass is 16.2. The van der Waals surface area contributed by atoms with Gasteiger partial charge in [0.25, 0.3) is 5.91 Å². The van der Waals surface area contributed by atoms with Gasteiger partial charge in [0.2, 0.25) is 5.91 Å². The highest BCUT2D eigenvalue weighted by Crippen LogP contribution is 2.14. The number of rotatable bonds is 7. The van der Waals surface area contributed by atoms with Crippen LogP contribution in [0.3, 0.4) is 0 Å². The molecule has 0 saturated heterocycles. The standard InChI is InChI=1S/C15H24N4O2/c1-5-6-12-11(9-17-10-18-12)14(21)19-15(2,3)8-7-13(20)16-4/h9-10H,5-8H2,1-4H3,(H,16,20)(H,19,21). The second kappa shape index (κ2) is 7.71. The molecule has 0 bridgehead atoms. The first-order valence-corrected chi connectivity index (χ1v) is 7.21. The Bertz CT molecular complexity index is 500. The fourth-order valence-electron chi connectivity index (χ4n) is 1.97. The third-order valence-corrected chi connectivity index (χ3v) is 3.23. The molecule has 0 spiro atoms. The summed E-state index contributed by atoms with van der Waals surface area (Å²) in [5, 5.41) is 5.53. The van der Waals surface area contributed by atoms with Crippen molar-refractivity contribution in [3.8, 4) is 0 Å². The van der Waals surface area contributed by atoms with Gasteiger partial charge in [-0.3, -0.25) is 9.59 Å². The van der Waals surface area contributed by atoms with E-state index in [0.717, 1.165) is 18.5 Å². The molecular formula is C15H24N4O2. The van der Waals surface area contributed by atoms with E-state index in [-0.39, 0.29) is 11.8 Å². The van der Waals surface area contributed by atoms with Crippen molar-refractivity contribution in [1.82, 2.24) is 20.6 Å². The van der Waals surface area contributed by atoms with Crippen LogP contribution < -0.4 is 10.6 Å². The van der Waals surface area contributed by atoms with Crippen molar-refractivity contribution in [3.05, 3.63) is 23.8 Å². The topological polar surface area (TPSA) is 84.0 Å². The third kappa shape index (κ3) is 5.49. The molecule has 0 aromatic carbocycles. The SMILES string of the molecule is CCCc1ncncc1C(=O)NC(C)(C)CCC(=O)NC. The van der Waals surface area contributed by atoms with Gasteiger partial charge in [-0.2, -0.15) is 0 Å². The summed E-state index contributed by atoms with van der Waals surface area (Å²) in [4.78, 5) is 31.8. The van der Waals surface area contributed by atoms with Crippen LogP contribution in [-0.4, -0.2) is 34.4 Å². The molecule has 1 heterocycles. The van der Waals surface area contributed by atoms with Gasteiger partial charge in [-0.05, 0) is 26.7 Å². The Morgan fingerprint density at radius 1 is 1.33 bits per heavy atom. The van der Waals surface area contributed by atoms with Crippen LogP contribution in [0, 0.1) is 0 Å². The molecule has 2 N–H and O–H groups in total. The fraction of sp³-hybridized carbons (Fsp3) is 0.600. The molecule has 0 saturated carbocycles. The van der Waals surface area contributed by atoms with Gasteiger partial charge in [0.1, 0.15) is 6.33 Å². The van der Waals surface area contributed by atoms with Gasteiger partial charge in [0, 0.05) is 25.2 Å². The van der Waals surface area contributed by atoms with Gasteiger partial charge < -0.3 is 10.6 Å². The Labute approximate surface area is 125 Å². The maximum atomic E-state index is 12.4. The molecule has 1 aromatic rings. The number of aromatic nitrogens is 2. The van der Waals surface area contributed by atoms with Crippen molar-refractivity contribution in [2.45, 2.75) is 52.0 Å². The zero-order chi connectivity index (χ0) is 15.9. The summed E-state index contributed by atoms with van der Waals surface area (Å²) >= 11 is 0. The van der Waals surface area contributed by atoms with E-state index in [1.807, 2.05) is 20.8 Å². The van der Waals surface area contributed by atoms with E-state index in [4.69, 9.17) is 0 Å².